The largest absolute Gasteiger partial charge is 0.408 e. The fraction of sp³-hybridized carbons (Fsp3) is 0.615. The summed E-state index contributed by atoms with van der Waals surface area (Å²) in [7, 11) is 1.43. The highest BCUT2D eigenvalue weighted by atomic mass is 19.4. The van der Waals surface area contributed by atoms with Crippen LogP contribution in [-0.2, 0) is 11.8 Å². The number of carbonyl (C=O) groups excluding carboxylic acids is 1. The Bertz CT molecular complexity index is 611. The minimum absolute atomic E-state index is 0.342. The zero-order valence-corrected chi connectivity index (χ0v) is 12.4. The van der Waals surface area contributed by atoms with E-state index in [1.165, 1.54) is 19.4 Å². The zero-order valence-electron chi connectivity index (χ0n) is 12.4. The third-order valence-corrected chi connectivity index (χ3v) is 3.47. The average molecular weight is 334 g/mol. The summed E-state index contributed by atoms with van der Waals surface area (Å²) in [6.45, 7) is 0.422. The number of urea groups is 1. The van der Waals surface area contributed by atoms with E-state index >= 15 is 0 Å². The lowest BCUT2D eigenvalue weighted by Gasteiger charge is -2.24. The number of rotatable bonds is 4. The number of aryl methyl sites for hydroxylation is 1. The first kappa shape index (κ1) is 17.3. The molecule has 128 valence electrons. The molecule has 0 aliphatic carbocycles. The Morgan fingerprint density at radius 2 is 2.30 bits per heavy atom. The number of ether oxygens (including phenoxy) is 1. The van der Waals surface area contributed by atoms with E-state index in [-0.39, 0.29) is 12.2 Å². The van der Waals surface area contributed by atoms with Crippen molar-refractivity contribution in [1.29, 1.82) is 0 Å². The van der Waals surface area contributed by atoms with Crippen molar-refractivity contribution >= 4 is 11.8 Å². The number of hydrogen-bond donors (Lipinski definition) is 2. The van der Waals surface area contributed by atoms with Gasteiger partial charge < -0.3 is 14.6 Å². The van der Waals surface area contributed by atoms with Crippen molar-refractivity contribution in [2.45, 2.75) is 37.6 Å². The molecule has 2 atom stereocenters. The maximum absolute atomic E-state index is 13.0. The molecule has 0 spiro atoms. The van der Waals surface area contributed by atoms with Gasteiger partial charge in [-0.3, -0.25) is 10.1 Å². The van der Waals surface area contributed by atoms with Crippen LogP contribution in [-0.4, -0.2) is 40.5 Å². The van der Waals surface area contributed by atoms with Crippen LogP contribution < -0.4 is 16.2 Å². The van der Waals surface area contributed by atoms with E-state index in [1.54, 1.807) is 0 Å². The summed E-state index contributed by atoms with van der Waals surface area (Å²) >= 11 is 0. The Balaban J connectivity index is 2.02. The van der Waals surface area contributed by atoms with E-state index in [0.717, 1.165) is 4.57 Å². The predicted octanol–water partition coefficient (Wildman–Crippen LogP) is 1.40. The standard InChI is InChI=1S/C13H17F3N4O3/c1-20-5-4-17-10(11(20)21)19-12(22)18-9(13(14,15)16)7-8-3-2-6-23-8/h4-5,8-9H,2-3,6-7H2,1H3,(H2,17,18,19,22). The van der Waals surface area contributed by atoms with Crippen molar-refractivity contribution in [3.05, 3.63) is 22.7 Å². The molecule has 2 amide bonds. The van der Waals surface area contributed by atoms with Gasteiger partial charge in [0.2, 0.25) is 5.82 Å². The molecule has 10 heteroatoms. The summed E-state index contributed by atoms with van der Waals surface area (Å²) in [6.07, 6.45) is -1.67. The summed E-state index contributed by atoms with van der Waals surface area (Å²) in [5, 5.41) is 3.88. The third kappa shape index (κ3) is 4.68. The lowest BCUT2D eigenvalue weighted by molar-refractivity contribution is -0.159. The lowest BCUT2D eigenvalue weighted by atomic mass is 10.1. The van der Waals surface area contributed by atoms with Crippen molar-refractivity contribution in [3.63, 3.8) is 0 Å². The fourth-order valence-electron chi connectivity index (χ4n) is 2.25. The van der Waals surface area contributed by atoms with Gasteiger partial charge >= 0.3 is 12.2 Å². The van der Waals surface area contributed by atoms with Crippen LogP contribution in [0.2, 0.25) is 0 Å². The van der Waals surface area contributed by atoms with Crippen molar-refractivity contribution in [1.82, 2.24) is 14.9 Å². The highest BCUT2D eigenvalue weighted by molar-refractivity contribution is 5.88. The molecule has 0 bridgehead atoms. The maximum Gasteiger partial charge on any atom is 0.408 e. The summed E-state index contributed by atoms with van der Waals surface area (Å²) < 4.78 is 45.4. The maximum atomic E-state index is 13.0. The van der Waals surface area contributed by atoms with Gasteiger partial charge in [0.1, 0.15) is 6.04 Å². The number of aromatic nitrogens is 2. The molecule has 7 nitrogen and oxygen atoms in total. The van der Waals surface area contributed by atoms with Gasteiger partial charge in [-0.2, -0.15) is 13.2 Å². The van der Waals surface area contributed by atoms with Gasteiger partial charge in [0.25, 0.3) is 5.56 Å². The van der Waals surface area contributed by atoms with Gasteiger partial charge in [0.05, 0.1) is 6.10 Å². The molecule has 1 fully saturated rings. The number of halogens is 3. The van der Waals surface area contributed by atoms with Gasteiger partial charge in [0.15, 0.2) is 0 Å². The van der Waals surface area contributed by atoms with Crippen molar-refractivity contribution < 1.29 is 22.7 Å². The summed E-state index contributed by atoms with van der Waals surface area (Å²) in [5.74, 6) is -0.342. The van der Waals surface area contributed by atoms with E-state index in [2.05, 4.69) is 4.98 Å². The van der Waals surface area contributed by atoms with Gasteiger partial charge in [-0.1, -0.05) is 0 Å². The van der Waals surface area contributed by atoms with Crippen LogP contribution in [0.3, 0.4) is 0 Å². The Kier molecular flexibility index (Phi) is 5.24. The van der Waals surface area contributed by atoms with Gasteiger partial charge in [-0.15, -0.1) is 0 Å². The minimum Gasteiger partial charge on any atom is -0.378 e. The summed E-state index contributed by atoms with van der Waals surface area (Å²) in [6, 6.07) is -3.20. The molecule has 2 rings (SSSR count). The second kappa shape index (κ2) is 6.99. The molecule has 1 aliphatic heterocycles. The average Bonchev–Trinajstić information content (AvgIpc) is 2.95. The van der Waals surface area contributed by atoms with Gasteiger partial charge in [-0.25, -0.2) is 9.78 Å². The Labute approximate surface area is 129 Å². The lowest BCUT2D eigenvalue weighted by Crippen LogP contribution is -2.49. The monoisotopic (exact) mass is 334 g/mol. The van der Waals surface area contributed by atoms with E-state index in [1.807, 2.05) is 10.6 Å². The van der Waals surface area contributed by atoms with Crippen LogP contribution in [0.1, 0.15) is 19.3 Å². The van der Waals surface area contributed by atoms with Crippen LogP contribution in [0.4, 0.5) is 23.8 Å². The second-order valence-electron chi connectivity index (χ2n) is 5.26. The summed E-state index contributed by atoms with van der Waals surface area (Å²) in [5.41, 5.74) is -0.620. The van der Waals surface area contributed by atoms with E-state index < -0.39 is 29.9 Å². The number of hydrogen-bond acceptors (Lipinski definition) is 4. The number of nitrogens with zero attached hydrogens (tertiary/aromatic N) is 2. The third-order valence-electron chi connectivity index (χ3n) is 3.47. The Morgan fingerprint density at radius 1 is 1.57 bits per heavy atom. The highest BCUT2D eigenvalue weighted by Gasteiger charge is 2.42. The molecule has 23 heavy (non-hydrogen) atoms. The van der Waals surface area contributed by atoms with Crippen LogP contribution in [0, 0.1) is 0 Å². The number of amides is 2. The summed E-state index contributed by atoms with van der Waals surface area (Å²) in [4.78, 5) is 27.1. The molecular formula is C13H17F3N4O3. The Hall–Kier alpha value is -2.10. The normalized spacial score (nSPS) is 19.4. The fourth-order valence-corrected chi connectivity index (χ4v) is 2.25. The van der Waals surface area contributed by atoms with E-state index in [4.69, 9.17) is 4.74 Å². The first-order valence-electron chi connectivity index (χ1n) is 7.05. The van der Waals surface area contributed by atoms with Crippen LogP contribution in [0.5, 0.6) is 0 Å². The SMILES string of the molecule is Cn1ccnc(NC(=O)NC(CC2CCCO2)C(F)(F)F)c1=O. The molecule has 2 N–H and O–H groups in total. The minimum atomic E-state index is -4.61. The molecule has 1 aliphatic rings. The van der Waals surface area contributed by atoms with E-state index in [9.17, 15) is 22.8 Å². The molecule has 0 radical (unpaired) electrons. The zero-order chi connectivity index (χ0) is 17.0. The molecule has 2 heterocycles. The molecule has 0 aromatic carbocycles. The predicted molar refractivity (Wildman–Crippen MR) is 75.1 cm³/mol. The van der Waals surface area contributed by atoms with Crippen molar-refractivity contribution in [3.8, 4) is 0 Å². The first-order valence-corrected chi connectivity index (χ1v) is 7.05. The topological polar surface area (TPSA) is 85.2 Å². The van der Waals surface area contributed by atoms with Gasteiger partial charge in [0, 0.05) is 32.5 Å². The number of carbonyl (C=O) groups is 1. The first-order chi connectivity index (χ1) is 10.8. The quantitative estimate of drug-likeness (QED) is 0.872. The number of anilines is 1. The molecule has 1 saturated heterocycles. The number of alkyl halides is 3. The van der Waals surface area contributed by atoms with Gasteiger partial charge in [-0.05, 0) is 12.8 Å². The smallest absolute Gasteiger partial charge is 0.378 e. The van der Waals surface area contributed by atoms with Crippen molar-refractivity contribution in [2.75, 3.05) is 11.9 Å². The molecule has 1 aromatic heterocycles. The van der Waals surface area contributed by atoms with Crippen LogP contribution in [0.15, 0.2) is 17.2 Å². The number of nitrogens with one attached hydrogen (secondary N) is 2. The van der Waals surface area contributed by atoms with Crippen molar-refractivity contribution in [2.24, 2.45) is 7.05 Å². The van der Waals surface area contributed by atoms with Crippen LogP contribution in [0.25, 0.3) is 0 Å². The van der Waals surface area contributed by atoms with E-state index in [0.29, 0.717) is 19.4 Å². The van der Waals surface area contributed by atoms with Crippen LogP contribution >= 0.6 is 0 Å². The molecule has 2 unspecified atom stereocenters. The molecular weight excluding hydrogens is 317 g/mol. The highest BCUT2D eigenvalue weighted by Crippen LogP contribution is 2.27. The second-order valence-corrected chi connectivity index (χ2v) is 5.26. The molecule has 0 saturated carbocycles. The molecule has 1 aromatic rings. The Morgan fingerprint density at radius 3 is 2.91 bits per heavy atom.